The maximum Gasteiger partial charge on any atom is 0.127 e. The van der Waals surface area contributed by atoms with Crippen molar-refractivity contribution in [1.29, 1.82) is 0 Å². The second-order valence-electron chi connectivity index (χ2n) is 6.61. The average molecular weight is 357 g/mol. The lowest BCUT2D eigenvalue weighted by atomic mass is 10.1. The number of phenolic OH excluding ortho intramolecular Hbond substituents is 1. The van der Waals surface area contributed by atoms with E-state index in [2.05, 4.69) is 4.90 Å². The standard InChI is InChI=1S/C21H27NO4/c1-24-18-10-9-17(21(12-18)25-2)14-22(15-19-7-5-11-26-19)13-16-6-3-4-8-20(16)23/h3-4,6,8-10,12,19,23H,5,7,11,13-15H2,1-2H3. The molecule has 0 aromatic heterocycles. The van der Waals surface area contributed by atoms with E-state index in [1.165, 1.54) is 0 Å². The molecule has 0 spiro atoms. The van der Waals surface area contributed by atoms with Gasteiger partial charge in [-0.05, 0) is 25.0 Å². The smallest absolute Gasteiger partial charge is 0.127 e. The predicted octanol–water partition coefficient (Wildman–Crippen LogP) is 3.59. The van der Waals surface area contributed by atoms with Gasteiger partial charge in [-0.1, -0.05) is 24.3 Å². The fraction of sp³-hybridized carbons (Fsp3) is 0.429. The summed E-state index contributed by atoms with van der Waals surface area (Å²) in [6.45, 7) is 3.02. The lowest BCUT2D eigenvalue weighted by Crippen LogP contribution is -2.31. The number of ether oxygens (including phenoxy) is 3. The van der Waals surface area contributed by atoms with E-state index in [-0.39, 0.29) is 6.10 Å². The minimum atomic E-state index is 0.241. The topological polar surface area (TPSA) is 51.2 Å². The Hall–Kier alpha value is -2.24. The molecule has 26 heavy (non-hydrogen) atoms. The number of nitrogens with zero attached hydrogens (tertiary/aromatic N) is 1. The minimum Gasteiger partial charge on any atom is -0.508 e. The van der Waals surface area contributed by atoms with Crippen molar-refractivity contribution in [2.75, 3.05) is 27.4 Å². The molecule has 1 N–H and O–H groups in total. The normalized spacial score (nSPS) is 16.8. The Morgan fingerprint density at radius 1 is 1.08 bits per heavy atom. The van der Waals surface area contributed by atoms with Gasteiger partial charge < -0.3 is 19.3 Å². The Morgan fingerprint density at radius 2 is 1.88 bits per heavy atom. The average Bonchev–Trinajstić information content (AvgIpc) is 3.17. The zero-order chi connectivity index (χ0) is 18.4. The fourth-order valence-corrected chi connectivity index (χ4v) is 3.37. The second kappa shape index (κ2) is 8.92. The first-order valence-corrected chi connectivity index (χ1v) is 9.01. The van der Waals surface area contributed by atoms with Crippen LogP contribution < -0.4 is 9.47 Å². The molecule has 1 aliphatic rings. The highest BCUT2D eigenvalue weighted by molar-refractivity contribution is 5.41. The Labute approximate surface area is 155 Å². The highest BCUT2D eigenvalue weighted by Crippen LogP contribution is 2.28. The summed E-state index contributed by atoms with van der Waals surface area (Å²) in [6.07, 6.45) is 2.43. The van der Waals surface area contributed by atoms with Crippen molar-refractivity contribution in [3.8, 4) is 17.2 Å². The molecule has 3 rings (SSSR count). The van der Waals surface area contributed by atoms with E-state index >= 15 is 0 Å². The molecule has 0 saturated carbocycles. The van der Waals surface area contributed by atoms with Crippen molar-refractivity contribution < 1.29 is 19.3 Å². The summed E-state index contributed by atoms with van der Waals surface area (Å²) in [7, 11) is 3.32. The molecule has 0 bridgehead atoms. The molecule has 1 heterocycles. The molecule has 1 saturated heterocycles. The van der Waals surface area contributed by atoms with Crippen molar-refractivity contribution in [3.63, 3.8) is 0 Å². The molecule has 1 atom stereocenters. The van der Waals surface area contributed by atoms with Crippen molar-refractivity contribution in [3.05, 3.63) is 53.6 Å². The van der Waals surface area contributed by atoms with Gasteiger partial charge in [0.2, 0.25) is 0 Å². The Kier molecular flexibility index (Phi) is 6.36. The number of phenols is 1. The van der Waals surface area contributed by atoms with E-state index in [0.29, 0.717) is 18.8 Å². The van der Waals surface area contributed by atoms with Gasteiger partial charge in [-0.3, -0.25) is 4.90 Å². The molecule has 0 aliphatic carbocycles. The van der Waals surface area contributed by atoms with Gasteiger partial charge in [-0.25, -0.2) is 0 Å². The van der Waals surface area contributed by atoms with Gasteiger partial charge in [-0.15, -0.1) is 0 Å². The number of rotatable bonds is 8. The van der Waals surface area contributed by atoms with Crippen LogP contribution in [-0.2, 0) is 17.8 Å². The number of para-hydroxylation sites is 1. The zero-order valence-electron chi connectivity index (χ0n) is 15.5. The van der Waals surface area contributed by atoms with Gasteiger partial charge in [0.25, 0.3) is 0 Å². The molecule has 0 amide bonds. The largest absolute Gasteiger partial charge is 0.508 e. The predicted molar refractivity (Wildman–Crippen MR) is 101 cm³/mol. The van der Waals surface area contributed by atoms with Crippen LogP contribution in [0.2, 0.25) is 0 Å². The summed E-state index contributed by atoms with van der Waals surface area (Å²) in [5.41, 5.74) is 2.00. The monoisotopic (exact) mass is 357 g/mol. The van der Waals surface area contributed by atoms with Gasteiger partial charge in [0.1, 0.15) is 17.2 Å². The molecule has 1 unspecified atom stereocenters. The maximum atomic E-state index is 10.2. The van der Waals surface area contributed by atoms with Crippen LogP contribution in [0.15, 0.2) is 42.5 Å². The van der Waals surface area contributed by atoms with Crippen LogP contribution in [0.25, 0.3) is 0 Å². The summed E-state index contributed by atoms with van der Waals surface area (Å²) < 4.78 is 16.7. The number of benzene rings is 2. The number of methoxy groups -OCH3 is 2. The van der Waals surface area contributed by atoms with Gasteiger partial charge >= 0.3 is 0 Å². The second-order valence-corrected chi connectivity index (χ2v) is 6.61. The first kappa shape index (κ1) is 18.5. The van der Waals surface area contributed by atoms with Gasteiger partial charge in [0.15, 0.2) is 0 Å². The lowest BCUT2D eigenvalue weighted by molar-refractivity contribution is 0.0673. The SMILES string of the molecule is COc1ccc(CN(Cc2ccccc2O)CC2CCCO2)c(OC)c1. The third kappa shape index (κ3) is 4.68. The van der Waals surface area contributed by atoms with E-state index in [4.69, 9.17) is 14.2 Å². The van der Waals surface area contributed by atoms with Crippen LogP contribution >= 0.6 is 0 Å². The highest BCUT2D eigenvalue weighted by atomic mass is 16.5. The van der Waals surface area contributed by atoms with Gasteiger partial charge in [-0.2, -0.15) is 0 Å². The van der Waals surface area contributed by atoms with Gasteiger partial charge in [0.05, 0.1) is 20.3 Å². The van der Waals surface area contributed by atoms with Crippen LogP contribution in [0.1, 0.15) is 24.0 Å². The molecule has 1 aliphatic heterocycles. The summed E-state index contributed by atoms with van der Waals surface area (Å²) >= 11 is 0. The molecule has 2 aromatic rings. The summed E-state index contributed by atoms with van der Waals surface area (Å²) in [5, 5.41) is 10.2. The van der Waals surface area contributed by atoms with Crippen molar-refractivity contribution in [2.45, 2.75) is 32.0 Å². The number of hydrogen-bond donors (Lipinski definition) is 1. The van der Waals surface area contributed by atoms with Gasteiger partial charge in [0, 0.05) is 43.4 Å². The quantitative estimate of drug-likeness (QED) is 0.782. The molecule has 0 radical (unpaired) electrons. The molecule has 140 valence electrons. The van der Waals surface area contributed by atoms with E-state index < -0.39 is 0 Å². The molecular weight excluding hydrogens is 330 g/mol. The van der Waals surface area contributed by atoms with Crippen LogP contribution in [0, 0.1) is 0 Å². The number of hydrogen-bond acceptors (Lipinski definition) is 5. The first-order valence-electron chi connectivity index (χ1n) is 9.01. The lowest BCUT2D eigenvalue weighted by Gasteiger charge is -2.26. The molecule has 2 aromatic carbocycles. The molecule has 5 nitrogen and oxygen atoms in total. The Balaban J connectivity index is 1.79. The fourth-order valence-electron chi connectivity index (χ4n) is 3.37. The van der Waals surface area contributed by atoms with Crippen LogP contribution in [-0.4, -0.2) is 43.5 Å². The van der Waals surface area contributed by atoms with Crippen LogP contribution in [0.4, 0.5) is 0 Å². The zero-order valence-corrected chi connectivity index (χ0v) is 15.5. The number of aromatic hydroxyl groups is 1. The highest BCUT2D eigenvalue weighted by Gasteiger charge is 2.21. The summed E-state index contributed by atoms with van der Waals surface area (Å²) in [6, 6.07) is 13.4. The van der Waals surface area contributed by atoms with E-state index in [9.17, 15) is 5.11 Å². The van der Waals surface area contributed by atoms with Crippen molar-refractivity contribution in [2.24, 2.45) is 0 Å². The first-order chi connectivity index (χ1) is 12.7. The Bertz CT molecular complexity index is 713. The summed E-state index contributed by atoms with van der Waals surface area (Å²) in [4.78, 5) is 2.30. The van der Waals surface area contributed by atoms with Crippen molar-refractivity contribution >= 4 is 0 Å². The third-order valence-corrected chi connectivity index (χ3v) is 4.76. The molecular formula is C21H27NO4. The van der Waals surface area contributed by atoms with E-state index in [1.807, 2.05) is 36.4 Å². The minimum absolute atomic E-state index is 0.241. The van der Waals surface area contributed by atoms with E-state index in [0.717, 1.165) is 48.6 Å². The third-order valence-electron chi connectivity index (χ3n) is 4.76. The van der Waals surface area contributed by atoms with Crippen LogP contribution in [0.3, 0.4) is 0 Å². The maximum absolute atomic E-state index is 10.2. The van der Waals surface area contributed by atoms with Crippen LogP contribution in [0.5, 0.6) is 17.2 Å². The molecule has 5 heteroatoms. The summed E-state index contributed by atoms with van der Waals surface area (Å²) in [5.74, 6) is 1.91. The Morgan fingerprint density at radius 3 is 2.58 bits per heavy atom. The molecule has 1 fully saturated rings. The van der Waals surface area contributed by atoms with E-state index in [1.54, 1.807) is 20.3 Å². The van der Waals surface area contributed by atoms with Crippen molar-refractivity contribution in [1.82, 2.24) is 4.90 Å².